The molecule has 0 aliphatic rings. The smallest absolute Gasteiger partial charge is 0.306 e. The summed E-state index contributed by atoms with van der Waals surface area (Å²) in [7, 11) is 0. The van der Waals surface area contributed by atoms with E-state index in [1.165, 1.54) is 0 Å². The van der Waals surface area contributed by atoms with Crippen LogP contribution in [0.5, 0.6) is 0 Å². The number of carboxylic acid groups (broad SMARTS) is 1. The number of halogens is 2. The second-order valence-corrected chi connectivity index (χ2v) is 6.08. The first-order valence-corrected chi connectivity index (χ1v) is 8.36. The number of carboxylic acids is 1. The molecule has 0 fully saturated rings. The Balaban J connectivity index is 2.00. The van der Waals surface area contributed by atoms with Crippen molar-refractivity contribution in [2.75, 3.05) is 11.9 Å². The van der Waals surface area contributed by atoms with Crippen molar-refractivity contribution in [3.63, 3.8) is 0 Å². The van der Waals surface area contributed by atoms with E-state index in [2.05, 4.69) is 5.32 Å². The van der Waals surface area contributed by atoms with Crippen molar-refractivity contribution in [2.24, 2.45) is 0 Å². The lowest BCUT2D eigenvalue weighted by atomic mass is 10.1. The highest BCUT2D eigenvalue weighted by atomic mass is 35.5. The van der Waals surface area contributed by atoms with E-state index in [4.69, 9.17) is 33.0 Å². The molecule has 128 valence electrons. The number of hydrogen-bond acceptors (Lipinski definition) is 3. The minimum absolute atomic E-state index is 0.0517. The molecular formula is C18H19Cl2NO3. The monoisotopic (exact) mass is 367 g/mol. The third-order valence-corrected chi connectivity index (χ3v) is 4.23. The average molecular weight is 368 g/mol. The largest absolute Gasteiger partial charge is 0.481 e. The number of rotatable bonds is 8. The number of ether oxygens (including phenoxy) is 1. The maximum atomic E-state index is 10.9. The van der Waals surface area contributed by atoms with Crippen LogP contribution in [0.1, 0.15) is 30.6 Å². The van der Waals surface area contributed by atoms with Gasteiger partial charge in [-0.1, -0.05) is 41.4 Å². The van der Waals surface area contributed by atoms with Crippen molar-refractivity contribution >= 4 is 34.9 Å². The van der Waals surface area contributed by atoms with Crippen LogP contribution < -0.4 is 5.32 Å². The Hall–Kier alpha value is -1.75. The topological polar surface area (TPSA) is 58.6 Å². The molecule has 2 rings (SSSR count). The van der Waals surface area contributed by atoms with Gasteiger partial charge in [0.05, 0.1) is 22.6 Å². The summed E-state index contributed by atoms with van der Waals surface area (Å²) in [6.07, 6.45) is -0.485. The highest BCUT2D eigenvalue weighted by Crippen LogP contribution is 2.25. The molecule has 0 saturated carbocycles. The zero-order chi connectivity index (χ0) is 17.5. The molecule has 0 saturated heterocycles. The molecule has 0 aliphatic heterocycles. The summed E-state index contributed by atoms with van der Waals surface area (Å²) in [5, 5.41) is 13.3. The van der Waals surface area contributed by atoms with Crippen LogP contribution in [0.4, 0.5) is 5.69 Å². The second kappa shape index (κ2) is 8.92. The van der Waals surface area contributed by atoms with Crippen molar-refractivity contribution in [1.29, 1.82) is 0 Å². The standard InChI is InChI=1S/C18H19Cl2NO3/c1-2-24-17(10-18(22)23)13-4-6-14(7-5-13)21-11-12-3-8-15(19)16(20)9-12/h3-9,17,21H,2,10-11H2,1H3,(H,22,23)/t17-/m1/s1. The van der Waals surface area contributed by atoms with Crippen molar-refractivity contribution in [3.8, 4) is 0 Å². The van der Waals surface area contributed by atoms with Gasteiger partial charge in [0.15, 0.2) is 0 Å². The summed E-state index contributed by atoms with van der Waals surface area (Å²) in [5.74, 6) is -0.879. The molecule has 0 heterocycles. The van der Waals surface area contributed by atoms with Gasteiger partial charge in [-0.3, -0.25) is 4.79 Å². The number of benzene rings is 2. The number of carbonyl (C=O) groups is 1. The van der Waals surface area contributed by atoms with Gasteiger partial charge in [0, 0.05) is 18.8 Å². The molecule has 1 atom stereocenters. The molecule has 0 radical (unpaired) electrons. The van der Waals surface area contributed by atoms with E-state index in [9.17, 15) is 4.79 Å². The molecule has 0 aromatic heterocycles. The summed E-state index contributed by atoms with van der Waals surface area (Å²) < 4.78 is 5.50. The Kier molecular flexibility index (Phi) is 6.91. The van der Waals surface area contributed by atoms with E-state index in [0.29, 0.717) is 23.2 Å². The molecule has 0 bridgehead atoms. The fourth-order valence-corrected chi connectivity index (χ4v) is 2.62. The Morgan fingerprint density at radius 3 is 2.46 bits per heavy atom. The third kappa shape index (κ3) is 5.41. The molecule has 2 aromatic carbocycles. The molecule has 24 heavy (non-hydrogen) atoms. The lowest BCUT2D eigenvalue weighted by Gasteiger charge is -2.16. The van der Waals surface area contributed by atoms with Crippen LogP contribution in [0, 0.1) is 0 Å². The Labute approximate surface area is 151 Å². The quantitative estimate of drug-likeness (QED) is 0.676. The lowest BCUT2D eigenvalue weighted by Crippen LogP contribution is -2.10. The average Bonchev–Trinajstić information content (AvgIpc) is 2.56. The van der Waals surface area contributed by atoms with E-state index < -0.39 is 12.1 Å². The number of hydrogen-bond donors (Lipinski definition) is 2. The van der Waals surface area contributed by atoms with Gasteiger partial charge in [0.25, 0.3) is 0 Å². The first kappa shape index (κ1) is 18.6. The van der Waals surface area contributed by atoms with E-state index in [1.54, 1.807) is 6.07 Å². The van der Waals surface area contributed by atoms with Gasteiger partial charge in [0.1, 0.15) is 0 Å². The van der Waals surface area contributed by atoms with Crippen molar-refractivity contribution in [1.82, 2.24) is 0 Å². The molecule has 0 aliphatic carbocycles. The van der Waals surface area contributed by atoms with Gasteiger partial charge in [-0.15, -0.1) is 0 Å². The zero-order valence-electron chi connectivity index (χ0n) is 13.3. The molecule has 0 amide bonds. The molecule has 0 unspecified atom stereocenters. The number of aliphatic carboxylic acids is 1. The molecular weight excluding hydrogens is 349 g/mol. The molecule has 4 nitrogen and oxygen atoms in total. The van der Waals surface area contributed by atoms with Gasteiger partial charge in [-0.2, -0.15) is 0 Å². The highest BCUT2D eigenvalue weighted by Gasteiger charge is 2.15. The Bertz CT molecular complexity index is 689. The van der Waals surface area contributed by atoms with Crippen LogP contribution in [0.25, 0.3) is 0 Å². The van der Waals surface area contributed by atoms with E-state index in [1.807, 2.05) is 43.3 Å². The fourth-order valence-electron chi connectivity index (χ4n) is 2.30. The zero-order valence-corrected chi connectivity index (χ0v) is 14.8. The van der Waals surface area contributed by atoms with Gasteiger partial charge in [-0.05, 0) is 42.3 Å². The normalized spacial score (nSPS) is 12.0. The number of nitrogens with one attached hydrogen (secondary N) is 1. The molecule has 2 aromatic rings. The van der Waals surface area contributed by atoms with Gasteiger partial charge < -0.3 is 15.2 Å². The minimum atomic E-state index is -0.879. The lowest BCUT2D eigenvalue weighted by molar-refractivity contribution is -0.140. The van der Waals surface area contributed by atoms with Crippen LogP contribution >= 0.6 is 23.2 Å². The summed E-state index contributed by atoms with van der Waals surface area (Å²) >= 11 is 11.9. The summed E-state index contributed by atoms with van der Waals surface area (Å²) in [5.41, 5.74) is 2.79. The van der Waals surface area contributed by atoms with E-state index in [0.717, 1.165) is 16.8 Å². The van der Waals surface area contributed by atoms with Crippen LogP contribution in [-0.2, 0) is 16.1 Å². The molecule has 6 heteroatoms. The predicted octanol–water partition coefficient (Wildman–Crippen LogP) is 5.16. The Morgan fingerprint density at radius 1 is 1.17 bits per heavy atom. The first-order valence-electron chi connectivity index (χ1n) is 7.60. The van der Waals surface area contributed by atoms with Crippen LogP contribution in [0.3, 0.4) is 0 Å². The van der Waals surface area contributed by atoms with E-state index in [-0.39, 0.29) is 6.42 Å². The van der Waals surface area contributed by atoms with Crippen LogP contribution in [-0.4, -0.2) is 17.7 Å². The summed E-state index contributed by atoms with van der Waals surface area (Å²) in [6.45, 7) is 2.93. The highest BCUT2D eigenvalue weighted by molar-refractivity contribution is 6.42. The Morgan fingerprint density at radius 2 is 1.88 bits per heavy atom. The van der Waals surface area contributed by atoms with E-state index >= 15 is 0 Å². The SMILES string of the molecule is CCO[C@H](CC(=O)O)c1ccc(NCc2ccc(Cl)c(Cl)c2)cc1. The van der Waals surface area contributed by atoms with Gasteiger partial charge in [-0.25, -0.2) is 0 Å². The maximum absolute atomic E-state index is 10.9. The molecule has 0 spiro atoms. The third-order valence-electron chi connectivity index (χ3n) is 3.49. The molecule has 2 N–H and O–H groups in total. The van der Waals surface area contributed by atoms with Gasteiger partial charge >= 0.3 is 5.97 Å². The summed E-state index contributed by atoms with van der Waals surface area (Å²) in [4.78, 5) is 10.9. The van der Waals surface area contributed by atoms with Crippen LogP contribution in [0.2, 0.25) is 10.0 Å². The second-order valence-electron chi connectivity index (χ2n) is 5.27. The number of anilines is 1. The predicted molar refractivity (Wildman–Crippen MR) is 96.9 cm³/mol. The van der Waals surface area contributed by atoms with Crippen molar-refractivity contribution in [2.45, 2.75) is 26.0 Å². The minimum Gasteiger partial charge on any atom is -0.481 e. The fraction of sp³-hybridized carbons (Fsp3) is 0.278. The van der Waals surface area contributed by atoms with Gasteiger partial charge in [0.2, 0.25) is 0 Å². The summed E-state index contributed by atoms with van der Waals surface area (Å²) in [6, 6.07) is 13.1. The maximum Gasteiger partial charge on any atom is 0.306 e. The van der Waals surface area contributed by atoms with Crippen molar-refractivity contribution in [3.05, 3.63) is 63.6 Å². The van der Waals surface area contributed by atoms with Crippen molar-refractivity contribution < 1.29 is 14.6 Å². The van der Waals surface area contributed by atoms with Crippen LogP contribution in [0.15, 0.2) is 42.5 Å². The first-order chi connectivity index (χ1) is 11.5.